The van der Waals surface area contributed by atoms with Crippen molar-refractivity contribution in [2.75, 3.05) is 18.5 Å². The molecular formula is C15H23ClN2. The van der Waals surface area contributed by atoms with Crippen molar-refractivity contribution in [2.24, 2.45) is 0 Å². The maximum absolute atomic E-state index is 6.39. The van der Waals surface area contributed by atoms with Gasteiger partial charge in [-0.3, -0.25) is 0 Å². The third-order valence-electron chi connectivity index (χ3n) is 3.77. The molecular weight excluding hydrogens is 244 g/mol. The van der Waals surface area contributed by atoms with E-state index in [4.69, 9.17) is 11.6 Å². The van der Waals surface area contributed by atoms with Crippen molar-refractivity contribution >= 4 is 17.3 Å². The summed E-state index contributed by atoms with van der Waals surface area (Å²) >= 11 is 6.39. The molecule has 0 saturated heterocycles. The van der Waals surface area contributed by atoms with Gasteiger partial charge in [0.2, 0.25) is 0 Å². The van der Waals surface area contributed by atoms with Gasteiger partial charge in [-0.2, -0.15) is 0 Å². The van der Waals surface area contributed by atoms with Gasteiger partial charge in [0, 0.05) is 19.6 Å². The number of benzene rings is 1. The highest BCUT2D eigenvalue weighted by Gasteiger charge is 2.23. The van der Waals surface area contributed by atoms with Crippen molar-refractivity contribution in [3.8, 4) is 0 Å². The van der Waals surface area contributed by atoms with Crippen molar-refractivity contribution in [1.82, 2.24) is 5.32 Å². The quantitative estimate of drug-likeness (QED) is 0.788. The van der Waals surface area contributed by atoms with Gasteiger partial charge in [0.05, 0.1) is 10.7 Å². The van der Waals surface area contributed by atoms with Crippen molar-refractivity contribution in [1.29, 1.82) is 0 Å². The fourth-order valence-corrected chi connectivity index (χ4v) is 2.66. The Kier molecular flexibility index (Phi) is 4.90. The van der Waals surface area contributed by atoms with Crippen LogP contribution in [0.5, 0.6) is 0 Å². The first-order chi connectivity index (χ1) is 8.72. The zero-order chi connectivity index (χ0) is 13.0. The third kappa shape index (κ3) is 3.18. The molecule has 1 fully saturated rings. The smallest absolute Gasteiger partial charge is 0.0642 e. The lowest BCUT2D eigenvalue weighted by molar-refractivity contribution is 0.401. The Hall–Kier alpha value is -0.730. The van der Waals surface area contributed by atoms with Crippen LogP contribution in [-0.4, -0.2) is 19.6 Å². The Morgan fingerprint density at radius 3 is 2.72 bits per heavy atom. The van der Waals surface area contributed by atoms with E-state index in [0.717, 1.165) is 24.5 Å². The molecule has 1 aromatic carbocycles. The predicted octanol–water partition coefficient (Wildman–Crippen LogP) is 3.83. The molecule has 0 heterocycles. The van der Waals surface area contributed by atoms with Crippen LogP contribution < -0.4 is 10.2 Å². The maximum Gasteiger partial charge on any atom is 0.0642 e. The first kappa shape index (κ1) is 13.7. The number of hydrogen-bond donors (Lipinski definition) is 1. The first-order valence-corrected chi connectivity index (χ1v) is 7.32. The molecule has 0 aromatic heterocycles. The molecule has 1 saturated carbocycles. The number of halogens is 1. The van der Waals surface area contributed by atoms with Crippen molar-refractivity contribution < 1.29 is 0 Å². The molecule has 0 unspecified atom stereocenters. The van der Waals surface area contributed by atoms with Crippen LogP contribution in [0.3, 0.4) is 0 Å². The lowest BCUT2D eigenvalue weighted by Gasteiger charge is -2.36. The van der Waals surface area contributed by atoms with Gasteiger partial charge in [0.25, 0.3) is 0 Å². The highest BCUT2D eigenvalue weighted by Crippen LogP contribution is 2.33. The van der Waals surface area contributed by atoms with Gasteiger partial charge in [-0.25, -0.2) is 0 Å². The summed E-state index contributed by atoms with van der Waals surface area (Å²) in [6.07, 6.45) is 5.11. The molecule has 0 radical (unpaired) electrons. The minimum Gasteiger partial charge on any atom is -0.370 e. The van der Waals surface area contributed by atoms with Gasteiger partial charge < -0.3 is 10.2 Å². The van der Waals surface area contributed by atoms with E-state index >= 15 is 0 Å². The van der Waals surface area contributed by atoms with Crippen molar-refractivity contribution in [2.45, 2.75) is 45.2 Å². The monoisotopic (exact) mass is 266 g/mol. The Morgan fingerprint density at radius 2 is 2.17 bits per heavy atom. The number of nitrogens with zero attached hydrogens (tertiary/aromatic N) is 1. The zero-order valence-electron chi connectivity index (χ0n) is 11.4. The minimum absolute atomic E-state index is 0.687. The standard InChI is InChI=1S/C15H23ClN2/c1-3-9-17-11-12-7-8-15(14(16)10-12)18(2)13-5-4-6-13/h7-8,10,13,17H,3-6,9,11H2,1-2H3. The lowest BCUT2D eigenvalue weighted by Crippen LogP contribution is -2.37. The van der Waals surface area contributed by atoms with Crippen LogP contribution in [-0.2, 0) is 6.54 Å². The Balaban J connectivity index is 2.00. The largest absolute Gasteiger partial charge is 0.370 e. The summed E-state index contributed by atoms with van der Waals surface area (Å²) in [4.78, 5) is 2.33. The van der Waals surface area contributed by atoms with Gasteiger partial charge in [0.1, 0.15) is 0 Å². The van der Waals surface area contributed by atoms with E-state index in [1.165, 1.54) is 30.5 Å². The average Bonchev–Trinajstić information content (AvgIpc) is 2.27. The summed E-state index contributed by atoms with van der Waals surface area (Å²) in [5, 5.41) is 4.28. The molecule has 0 bridgehead atoms. The average molecular weight is 267 g/mol. The fourth-order valence-electron chi connectivity index (χ4n) is 2.33. The predicted molar refractivity (Wildman–Crippen MR) is 79.5 cm³/mol. The highest BCUT2D eigenvalue weighted by molar-refractivity contribution is 6.33. The molecule has 18 heavy (non-hydrogen) atoms. The summed E-state index contributed by atoms with van der Waals surface area (Å²) in [5.74, 6) is 0. The molecule has 100 valence electrons. The molecule has 1 aromatic rings. The fraction of sp³-hybridized carbons (Fsp3) is 0.600. The highest BCUT2D eigenvalue weighted by atomic mass is 35.5. The van der Waals surface area contributed by atoms with E-state index in [0.29, 0.717) is 6.04 Å². The van der Waals surface area contributed by atoms with Crippen LogP contribution in [0.2, 0.25) is 5.02 Å². The molecule has 0 spiro atoms. The van der Waals surface area contributed by atoms with E-state index in [2.05, 4.69) is 42.4 Å². The van der Waals surface area contributed by atoms with Crippen LogP contribution in [0.25, 0.3) is 0 Å². The van der Waals surface area contributed by atoms with E-state index in [1.54, 1.807) is 0 Å². The van der Waals surface area contributed by atoms with Crippen LogP contribution >= 0.6 is 11.6 Å². The van der Waals surface area contributed by atoms with Crippen molar-refractivity contribution in [3.05, 3.63) is 28.8 Å². The number of anilines is 1. The van der Waals surface area contributed by atoms with E-state index in [-0.39, 0.29) is 0 Å². The molecule has 1 aliphatic carbocycles. The van der Waals surface area contributed by atoms with Gasteiger partial charge in [-0.1, -0.05) is 24.6 Å². The Bertz CT molecular complexity index is 388. The van der Waals surface area contributed by atoms with Gasteiger partial charge in [-0.15, -0.1) is 0 Å². The zero-order valence-corrected chi connectivity index (χ0v) is 12.1. The van der Waals surface area contributed by atoms with Gasteiger partial charge in [-0.05, 0) is 49.9 Å². The van der Waals surface area contributed by atoms with Crippen LogP contribution in [0.15, 0.2) is 18.2 Å². The van der Waals surface area contributed by atoms with E-state index in [1.807, 2.05) is 0 Å². The third-order valence-corrected chi connectivity index (χ3v) is 4.07. The second-order valence-corrected chi connectivity index (χ2v) is 5.57. The molecule has 2 nitrogen and oxygen atoms in total. The Labute approximate surface area is 115 Å². The molecule has 1 N–H and O–H groups in total. The second-order valence-electron chi connectivity index (χ2n) is 5.16. The molecule has 0 amide bonds. The first-order valence-electron chi connectivity index (χ1n) is 6.94. The summed E-state index contributed by atoms with van der Waals surface area (Å²) < 4.78 is 0. The van der Waals surface area contributed by atoms with Crippen molar-refractivity contribution in [3.63, 3.8) is 0 Å². The summed E-state index contributed by atoms with van der Waals surface area (Å²) in [5.41, 5.74) is 2.43. The Morgan fingerprint density at radius 1 is 1.39 bits per heavy atom. The van der Waals surface area contributed by atoms with Crippen LogP contribution in [0.4, 0.5) is 5.69 Å². The minimum atomic E-state index is 0.687. The molecule has 3 heteroatoms. The SMILES string of the molecule is CCCNCc1ccc(N(C)C2CCC2)c(Cl)c1. The summed E-state index contributed by atoms with van der Waals surface area (Å²) in [6.45, 7) is 4.14. The van der Waals surface area contributed by atoms with E-state index < -0.39 is 0 Å². The molecule has 0 atom stereocenters. The number of hydrogen-bond acceptors (Lipinski definition) is 2. The van der Waals surface area contributed by atoms with Gasteiger partial charge in [0.15, 0.2) is 0 Å². The molecule has 2 rings (SSSR count). The van der Waals surface area contributed by atoms with Crippen LogP contribution in [0.1, 0.15) is 38.2 Å². The second kappa shape index (κ2) is 6.44. The molecule has 1 aliphatic rings. The number of nitrogens with one attached hydrogen (secondary N) is 1. The summed E-state index contributed by atoms with van der Waals surface area (Å²) in [7, 11) is 2.15. The van der Waals surface area contributed by atoms with Gasteiger partial charge >= 0.3 is 0 Å². The lowest BCUT2D eigenvalue weighted by atomic mass is 9.91. The number of rotatable bonds is 6. The van der Waals surface area contributed by atoms with Crippen LogP contribution in [0, 0.1) is 0 Å². The topological polar surface area (TPSA) is 15.3 Å². The van der Waals surface area contributed by atoms with E-state index in [9.17, 15) is 0 Å². The summed E-state index contributed by atoms with van der Waals surface area (Å²) in [6, 6.07) is 7.11. The normalized spacial score (nSPS) is 15.5. The molecule has 0 aliphatic heterocycles. The maximum atomic E-state index is 6.39.